The molecule has 2 aromatic rings. The predicted octanol–water partition coefficient (Wildman–Crippen LogP) is 4.18. The number of nitrogens with one attached hydrogen (secondary N) is 1. The topological polar surface area (TPSA) is 69.7 Å². The Kier molecular flexibility index (Phi) is 7.49. The maximum atomic E-state index is 12.8. The van der Waals surface area contributed by atoms with Crippen molar-refractivity contribution >= 4 is 27.3 Å². The number of rotatable bonds is 7. The average molecular weight is 458 g/mol. The van der Waals surface area contributed by atoms with Crippen LogP contribution in [0.25, 0.3) is 0 Å². The number of carbonyl (C=O) groups excluding carboxylic acids is 1. The Balaban J connectivity index is 1.67. The van der Waals surface area contributed by atoms with Crippen LogP contribution in [0.1, 0.15) is 49.4 Å². The summed E-state index contributed by atoms with van der Waals surface area (Å²) in [4.78, 5) is 15.2. The summed E-state index contributed by atoms with van der Waals surface area (Å²) in [6, 6.07) is 13.6. The van der Waals surface area contributed by atoms with Crippen molar-refractivity contribution in [2.75, 3.05) is 35.1 Å². The first-order valence-electron chi connectivity index (χ1n) is 11.2. The summed E-state index contributed by atoms with van der Waals surface area (Å²) in [6.07, 6.45) is 3.63. The number of aryl methyl sites for hydroxylation is 2. The molecule has 2 aromatic carbocycles. The number of amides is 1. The van der Waals surface area contributed by atoms with E-state index in [4.69, 9.17) is 0 Å². The van der Waals surface area contributed by atoms with Crippen molar-refractivity contribution in [3.8, 4) is 0 Å². The van der Waals surface area contributed by atoms with Gasteiger partial charge in [-0.15, -0.1) is 0 Å². The lowest BCUT2D eigenvalue weighted by molar-refractivity contribution is -0.120. The van der Waals surface area contributed by atoms with E-state index in [1.165, 1.54) is 22.8 Å². The fourth-order valence-electron chi connectivity index (χ4n) is 4.36. The zero-order valence-corrected chi connectivity index (χ0v) is 20.6. The van der Waals surface area contributed by atoms with Gasteiger partial charge < -0.3 is 10.2 Å². The van der Waals surface area contributed by atoms with Gasteiger partial charge in [0.25, 0.3) is 0 Å². The van der Waals surface area contributed by atoms with Crippen LogP contribution in [0.15, 0.2) is 42.5 Å². The van der Waals surface area contributed by atoms with Crippen LogP contribution in [0.5, 0.6) is 0 Å². The summed E-state index contributed by atoms with van der Waals surface area (Å²) >= 11 is 0. The average Bonchev–Trinajstić information content (AvgIpc) is 2.72. The van der Waals surface area contributed by atoms with Gasteiger partial charge in [-0.05, 0) is 68.9 Å². The van der Waals surface area contributed by atoms with Crippen molar-refractivity contribution in [3.63, 3.8) is 0 Å². The SMILES string of the molecule is Cc1ccc(N(CC(=O)NC(C)c2ccc(N3CCCC(C)C3)cc2)S(C)(=O)=O)c(C)c1. The molecule has 1 saturated heterocycles. The third kappa shape index (κ3) is 6.03. The largest absolute Gasteiger partial charge is 0.371 e. The summed E-state index contributed by atoms with van der Waals surface area (Å²) in [5, 5.41) is 2.95. The molecule has 0 spiro atoms. The molecule has 7 heteroatoms. The minimum absolute atomic E-state index is 0.225. The molecule has 0 radical (unpaired) electrons. The van der Waals surface area contributed by atoms with E-state index in [0.717, 1.165) is 36.0 Å². The van der Waals surface area contributed by atoms with Gasteiger partial charge >= 0.3 is 0 Å². The highest BCUT2D eigenvalue weighted by atomic mass is 32.2. The quantitative estimate of drug-likeness (QED) is 0.677. The summed E-state index contributed by atoms with van der Waals surface area (Å²) < 4.78 is 26.0. The number of nitrogens with zero attached hydrogens (tertiary/aromatic N) is 2. The molecule has 2 unspecified atom stereocenters. The molecule has 0 aliphatic carbocycles. The van der Waals surface area contributed by atoms with E-state index >= 15 is 0 Å². The van der Waals surface area contributed by atoms with Gasteiger partial charge in [-0.1, -0.05) is 36.8 Å². The van der Waals surface area contributed by atoms with Crippen LogP contribution >= 0.6 is 0 Å². The normalized spacial score (nSPS) is 17.7. The van der Waals surface area contributed by atoms with E-state index in [0.29, 0.717) is 11.6 Å². The first-order valence-corrected chi connectivity index (χ1v) is 13.1. The maximum Gasteiger partial charge on any atom is 0.241 e. The Morgan fingerprint density at radius 1 is 1.19 bits per heavy atom. The molecular formula is C25H35N3O3S. The van der Waals surface area contributed by atoms with Crippen LogP contribution in [0.4, 0.5) is 11.4 Å². The number of hydrogen-bond donors (Lipinski definition) is 1. The highest BCUT2D eigenvalue weighted by molar-refractivity contribution is 7.92. The third-order valence-corrected chi connectivity index (χ3v) is 7.23. The summed E-state index contributed by atoms with van der Waals surface area (Å²) in [6.45, 7) is 9.91. The molecule has 0 saturated carbocycles. The van der Waals surface area contributed by atoms with E-state index in [1.807, 2.05) is 45.0 Å². The van der Waals surface area contributed by atoms with Crippen LogP contribution < -0.4 is 14.5 Å². The lowest BCUT2D eigenvalue weighted by Crippen LogP contribution is -2.41. The molecule has 1 aliphatic heterocycles. The fraction of sp³-hybridized carbons (Fsp3) is 0.480. The monoisotopic (exact) mass is 457 g/mol. The Labute approximate surface area is 192 Å². The van der Waals surface area contributed by atoms with Gasteiger partial charge in [-0.25, -0.2) is 8.42 Å². The minimum atomic E-state index is -3.60. The van der Waals surface area contributed by atoms with Gasteiger partial charge in [-0.3, -0.25) is 9.10 Å². The number of anilines is 2. The highest BCUT2D eigenvalue weighted by Gasteiger charge is 2.23. The number of hydrogen-bond acceptors (Lipinski definition) is 4. The van der Waals surface area contributed by atoms with Gasteiger partial charge in [0.2, 0.25) is 15.9 Å². The van der Waals surface area contributed by atoms with Crippen LogP contribution in [0, 0.1) is 19.8 Å². The van der Waals surface area contributed by atoms with Crippen molar-refractivity contribution in [3.05, 3.63) is 59.2 Å². The van der Waals surface area contributed by atoms with Crippen molar-refractivity contribution in [2.45, 2.75) is 46.6 Å². The molecule has 6 nitrogen and oxygen atoms in total. The number of piperidine rings is 1. The lowest BCUT2D eigenvalue weighted by atomic mass is 9.99. The minimum Gasteiger partial charge on any atom is -0.371 e. The van der Waals surface area contributed by atoms with Crippen LogP contribution in [0.2, 0.25) is 0 Å². The molecule has 0 aromatic heterocycles. The maximum absolute atomic E-state index is 12.8. The van der Waals surface area contributed by atoms with Gasteiger partial charge in [-0.2, -0.15) is 0 Å². The van der Waals surface area contributed by atoms with E-state index in [2.05, 4.69) is 29.3 Å². The molecule has 1 amide bonds. The second kappa shape index (κ2) is 9.94. The van der Waals surface area contributed by atoms with Gasteiger partial charge in [0, 0.05) is 18.8 Å². The molecule has 1 fully saturated rings. The van der Waals surface area contributed by atoms with Crippen molar-refractivity contribution < 1.29 is 13.2 Å². The third-order valence-electron chi connectivity index (χ3n) is 6.10. The summed E-state index contributed by atoms with van der Waals surface area (Å²) in [5.74, 6) is 0.369. The first-order chi connectivity index (χ1) is 15.0. The fourth-order valence-corrected chi connectivity index (χ4v) is 5.28. The Morgan fingerprint density at radius 2 is 1.88 bits per heavy atom. The zero-order chi connectivity index (χ0) is 23.5. The molecule has 174 valence electrons. The second-order valence-corrected chi connectivity index (χ2v) is 11.0. The Bertz CT molecular complexity index is 1050. The number of sulfonamides is 1. The first kappa shape index (κ1) is 24.1. The van der Waals surface area contributed by atoms with Crippen LogP contribution in [-0.2, 0) is 14.8 Å². The molecular weight excluding hydrogens is 422 g/mol. The standard InChI is InChI=1S/C25H35N3O3S/c1-18-8-13-24(20(3)15-18)28(32(5,30)31)17-25(29)26-21(4)22-9-11-23(12-10-22)27-14-6-7-19(2)16-27/h8-13,15,19,21H,6-7,14,16-17H2,1-5H3,(H,26,29). The molecule has 1 heterocycles. The molecule has 1 aliphatic rings. The van der Waals surface area contributed by atoms with E-state index in [9.17, 15) is 13.2 Å². The highest BCUT2D eigenvalue weighted by Crippen LogP contribution is 2.26. The van der Waals surface area contributed by atoms with Crippen molar-refractivity contribution in [2.24, 2.45) is 5.92 Å². The van der Waals surface area contributed by atoms with E-state index in [-0.39, 0.29) is 18.5 Å². The van der Waals surface area contributed by atoms with Gasteiger partial charge in [0.15, 0.2) is 0 Å². The lowest BCUT2D eigenvalue weighted by Gasteiger charge is -2.33. The number of benzene rings is 2. The molecule has 2 atom stereocenters. The van der Waals surface area contributed by atoms with Gasteiger partial charge in [0.05, 0.1) is 18.0 Å². The zero-order valence-electron chi connectivity index (χ0n) is 19.8. The van der Waals surface area contributed by atoms with Crippen molar-refractivity contribution in [1.82, 2.24) is 5.32 Å². The number of carbonyl (C=O) groups is 1. The molecule has 32 heavy (non-hydrogen) atoms. The summed E-state index contributed by atoms with van der Waals surface area (Å²) in [7, 11) is -3.60. The predicted molar refractivity (Wildman–Crippen MR) is 132 cm³/mol. The molecule has 0 bridgehead atoms. The molecule has 3 rings (SSSR count). The van der Waals surface area contributed by atoms with Crippen LogP contribution in [-0.4, -0.2) is 40.2 Å². The van der Waals surface area contributed by atoms with Crippen molar-refractivity contribution in [1.29, 1.82) is 0 Å². The van der Waals surface area contributed by atoms with Crippen LogP contribution in [0.3, 0.4) is 0 Å². The van der Waals surface area contributed by atoms with E-state index in [1.54, 1.807) is 6.07 Å². The smallest absolute Gasteiger partial charge is 0.241 e. The van der Waals surface area contributed by atoms with E-state index < -0.39 is 10.0 Å². The Hall–Kier alpha value is -2.54. The molecule has 1 N–H and O–H groups in total. The van der Waals surface area contributed by atoms with Gasteiger partial charge in [0.1, 0.15) is 6.54 Å². The summed E-state index contributed by atoms with van der Waals surface area (Å²) in [5.41, 5.74) is 4.58. The second-order valence-electron chi connectivity index (χ2n) is 9.13. The Morgan fingerprint density at radius 3 is 2.47 bits per heavy atom.